The zero-order chi connectivity index (χ0) is 15.2. The van der Waals surface area contributed by atoms with E-state index in [0.29, 0.717) is 24.8 Å². The van der Waals surface area contributed by atoms with Gasteiger partial charge in [-0.2, -0.15) is 0 Å². The molecule has 116 valence electrons. The minimum atomic E-state index is -0.678. The number of hydrogen-bond acceptors (Lipinski definition) is 4. The molecule has 0 aromatic rings. The van der Waals surface area contributed by atoms with E-state index in [9.17, 15) is 9.59 Å². The largest absolute Gasteiger partial charge is 0.469 e. The van der Waals surface area contributed by atoms with Crippen LogP contribution in [0.5, 0.6) is 0 Å². The Morgan fingerprint density at radius 3 is 2.50 bits per heavy atom. The molecule has 1 heterocycles. The number of ether oxygens (including phenoxy) is 1. The normalized spacial score (nSPS) is 18.4. The molecule has 0 aliphatic carbocycles. The maximum atomic E-state index is 12.0. The van der Waals surface area contributed by atoms with Crippen molar-refractivity contribution in [1.29, 1.82) is 0 Å². The minimum absolute atomic E-state index is 0.0213. The van der Waals surface area contributed by atoms with Gasteiger partial charge in [0.25, 0.3) is 0 Å². The standard InChI is InChI=1S/C15H28N2O3/c1-11(12-5-7-16-8-6-12)9-13(18)17-10-15(2,3)14(19)20-4/h11-12,16H,5-10H2,1-4H3,(H,17,18). The van der Waals surface area contributed by atoms with Gasteiger partial charge in [0.05, 0.1) is 12.5 Å². The van der Waals surface area contributed by atoms with E-state index in [-0.39, 0.29) is 11.9 Å². The Bertz CT molecular complexity index is 336. The van der Waals surface area contributed by atoms with E-state index in [2.05, 4.69) is 17.6 Å². The number of hydrogen-bond donors (Lipinski definition) is 2. The van der Waals surface area contributed by atoms with Gasteiger partial charge < -0.3 is 15.4 Å². The summed E-state index contributed by atoms with van der Waals surface area (Å²) in [6, 6.07) is 0. The van der Waals surface area contributed by atoms with Gasteiger partial charge >= 0.3 is 5.97 Å². The van der Waals surface area contributed by atoms with E-state index < -0.39 is 5.41 Å². The second-order valence-electron chi connectivity index (χ2n) is 6.42. The monoisotopic (exact) mass is 284 g/mol. The molecule has 0 radical (unpaired) electrons. The third kappa shape index (κ3) is 5.12. The number of esters is 1. The first-order valence-corrected chi connectivity index (χ1v) is 7.42. The van der Waals surface area contributed by atoms with E-state index in [1.165, 1.54) is 7.11 Å². The van der Waals surface area contributed by atoms with Crippen molar-refractivity contribution in [3.63, 3.8) is 0 Å². The molecule has 0 bridgehead atoms. The molecule has 0 aromatic carbocycles. The van der Waals surface area contributed by atoms with Crippen LogP contribution in [0, 0.1) is 17.3 Å². The summed E-state index contributed by atoms with van der Waals surface area (Å²) >= 11 is 0. The molecule has 1 saturated heterocycles. The van der Waals surface area contributed by atoms with Gasteiger partial charge in [-0.3, -0.25) is 9.59 Å². The Labute approximate surface area is 121 Å². The van der Waals surface area contributed by atoms with Gasteiger partial charge in [-0.05, 0) is 51.6 Å². The molecule has 1 amide bonds. The van der Waals surface area contributed by atoms with Crippen LogP contribution in [0.15, 0.2) is 0 Å². The maximum Gasteiger partial charge on any atom is 0.313 e. The summed E-state index contributed by atoms with van der Waals surface area (Å²) in [5.74, 6) is 0.728. The summed E-state index contributed by atoms with van der Waals surface area (Å²) in [5.41, 5.74) is -0.678. The highest BCUT2D eigenvalue weighted by molar-refractivity contribution is 5.79. The highest BCUT2D eigenvalue weighted by Gasteiger charge is 2.29. The van der Waals surface area contributed by atoms with Gasteiger partial charge in [-0.25, -0.2) is 0 Å². The van der Waals surface area contributed by atoms with Crippen LogP contribution in [0.2, 0.25) is 0 Å². The number of amides is 1. The molecule has 0 saturated carbocycles. The third-order valence-electron chi connectivity index (χ3n) is 4.16. The van der Waals surface area contributed by atoms with Gasteiger partial charge in [-0.1, -0.05) is 6.92 Å². The van der Waals surface area contributed by atoms with Gasteiger partial charge in [0.15, 0.2) is 0 Å². The van der Waals surface area contributed by atoms with Gasteiger partial charge in [0.1, 0.15) is 0 Å². The van der Waals surface area contributed by atoms with Gasteiger partial charge in [-0.15, -0.1) is 0 Å². The topological polar surface area (TPSA) is 67.4 Å². The summed E-state index contributed by atoms with van der Waals surface area (Å²) in [6.45, 7) is 8.10. The summed E-state index contributed by atoms with van der Waals surface area (Å²) < 4.78 is 4.73. The van der Waals surface area contributed by atoms with Crippen molar-refractivity contribution < 1.29 is 14.3 Å². The number of carbonyl (C=O) groups is 2. The molecule has 1 aliphatic heterocycles. The summed E-state index contributed by atoms with van der Waals surface area (Å²) in [7, 11) is 1.37. The lowest BCUT2D eigenvalue weighted by atomic mass is 9.84. The predicted molar refractivity (Wildman–Crippen MR) is 78.2 cm³/mol. The van der Waals surface area contributed by atoms with Crippen LogP contribution in [0.4, 0.5) is 0 Å². The van der Waals surface area contributed by atoms with E-state index in [0.717, 1.165) is 25.9 Å². The van der Waals surface area contributed by atoms with Crippen LogP contribution >= 0.6 is 0 Å². The third-order valence-corrected chi connectivity index (χ3v) is 4.16. The van der Waals surface area contributed by atoms with E-state index >= 15 is 0 Å². The van der Waals surface area contributed by atoms with Crippen LogP contribution in [0.25, 0.3) is 0 Å². The molecular formula is C15H28N2O3. The SMILES string of the molecule is COC(=O)C(C)(C)CNC(=O)CC(C)C1CCNCC1. The van der Waals surface area contributed by atoms with Crippen LogP contribution < -0.4 is 10.6 Å². The van der Waals surface area contributed by atoms with Crippen LogP contribution in [-0.2, 0) is 14.3 Å². The molecule has 0 spiro atoms. The van der Waals surface area contributed by atoms with Crippen molar-refractivity contribution in [1.82, 2.24) is 10.6 Å². The smallest absolute Gasteiger partial charge is 0.313 e. The Hall–Kier alpha value is -1.10. The fourth-order valence-electron chi connectivity index (χ4n) is 2.61. The van der Waals surface area contributed by atoms with Crippen molar-refractivity contribution >= 4 is 11.9 Å². The number of nitrogens with one attached hydrogen (secondary N) is 2. The fourth-order valence-corrected chi connectivity index (χ4v) is 2.61. The number of carbonyl (C=O) groups excluding carboxylic acids is 2. The Morgan fingerprint density at radius 2 is 1.95 bits per heavy atom. The molecule has 5 nitrogen and oxygen atoms in total. The molecule has 20 heavy (non-hydrogen) atoms. The number of piperidine rings is 1. The highest BCUT2D eigenvalue weighted by atomic mass is 16.5. The lowest BCUT2D eigenvalue weighted by Gasteiger charge is -2.28. The van der Waals surface area contributed by atoms with E-state index in [4.69, 9.17) is 4.74 Å². The van der Waals surface area contributed by atoms with Crippen molar-refractivity contribution in [2.24, 2.45) is 17.3 Å². The summed E-state index contributed by atoms with van der Waals surface area (Å²) in [5, 5.41) is 6.19. The lowest BCUT2D eigenvalue weighted by molar-refractivity contribution is -0.150. The average Bonchev–Trinajstić information content (AvgIpc) is 2.45. The second kappa shape index (κ2) is 7.62. The van der Waals surface area contributed by atoms with Crippen LogP contribution in [-0.4, -0.2) is 38.6 Å². The van der Waals surface area contributed by atoms with Crippen molar-refractivity contribution in [3.8, 4) is 0 Å². The average molecular weight is 284 g/mol. The Balaban J connectivity index is 2.34. The Kier molecular flexibility index (Phi) is 6.46. The predicted octanol–water partition coefficient (Wildman–Crippen LogP) is 1.33. The van der Waals surface area contributed by atoms with Crippen molar-refractivity contribution in [3.05, 3.63) is 0 Å². The minimum Gasteiger partial charge on any atom is -0.469 e. The number of rotatable bonds is 6. The highest BCUT2D eigenvalue weighted by Crippen LogP contribution is 2.24. The molecule has 1 fully saturated rings. The summed E-state index contributed by atoms with van der Waals surface area (Å²) in [6.07, 6.45) is 2.81. The molecule has 1 rings (SSSR count). The second-order valence-corrected chi connectivity index (χ2v) is 6.42. The van der Waals surface area contributed by atoms with Crippen LogP contribution in [0.3, 0.4) is 0 Å². The number of methoxy groups -OCH3 is 1. The summed E-state index contributed by atoms with van der Waals surface area (Å²) in [4.78, 5) is 23.5. The van der Waals surface area contributed by atoms with Crippen molar-refractivity contribution in [2.45, 2.75) is 40.0 Å². The lowest BCUT2D eigenvalue weighted by Crippen LogP contribution is -2.40. The molecule has 1 atom stereocenters. The van der Waals surface area contributed by atoms with Crippen molar-refractivity contribution in [2.75, 3.05) is 26.7 Å². The first-order valence-electron chi connectivity index (χ1n) is 7.42. The molecule has 1 unspecified atom stereocenters. The Morgan fingerprint density at radius 1 is 1.35 bits per heavy atom. The van der Waals surface area contributed by atoms with Crippen LogP contribution in [0.1, 0.15) is 40.0 Å². The quantitative estimate of drug-likeness (QED) is 0.722. The molecule has 2 N–H and O–H groups in total. The fraction of sp³-hybridized carbons (Fsp3) is 0.867. The molecule has 0 aromatic heterocycles. The van der Waals surface area contributed by atoms with Gasteiger partial charge in [0.2, 0.25) is 5.91 Å². The van der Waals surface area contributed by atoms with Gasteiger partial charge in [0, 0.05) is 13.0 Å². The maximum absolute atomic E-state index is 12.0. The first-order chi connectivity index (χ1) is 9.36. The zero-order valence-corrected chi connectivity index (χ0v) is 13.1. The first kappa shape index (κ1) is 17.0. The zero-order valence-electron chi connectivity index (χ0n) is 13.1. The molecular weight excluding hydrogens is 256 g/mol. The van der Waals surface area contributed by atoms with E-state index in [1.54, 1.807) is 13.8 Å². The molecule has 1 aliphatic rings. The van der Waals surface area contributed by atoms with E-state index in [1.807, 2.05) is 0 Å². The molecule has 5 heteroatoms.